The molecule has 1 aliphatic heterocycles. The third-order valence-electron chi connectivity index (χ3n) is 4.59. The molecule has 1 aromatic heterocycles. The first-order chi connectivity index (χ1) is 10.7. The zero-order valence-corrected chi connectivity index (χ0v) is 12.8. The van der Waals surface area contributed by atoms with Gasteiger partial charge in [-0.2, -0.15) is 0 Å². The summed E-state index contributed by atoms with van der Waals surface area (Å²) in [5, 5.41) is 3.01. The zero-order valence-electron chi connectivity index (χ0n) is 12.8. The van der Waals surface area contributed by atoms with Crippen LogP contribution in [0.3, 0.4) is 0 Å². The molecule has 1 saturated carbocycles. The van der Waals surface area contributed by atoms with Crippen LogP contribution < -0.4 is 5.32 Å². The molecule has 1 saturated heterocycles. The predicted molar refractivity (Wildman–Crippen MR) is 81.4 cm³/mol. The molecule has 3 rings (SSSR count). The second kappa shape index (κ2) is 6.96. The molecule has 0 unspecified atom stereocenters. The number of nitrogens with zero attached hydrogens (tertiary/aromatic N) is 2. The van der Waals surface area contributed by atoms with Crippen LogP contribution >= 0.6 is 0 Å². The Morgan fingerprint density at radius 1 is 1.23 bits per heavy atom. The van der Waals surface area contributed by atoms with E-state index in [0.29, 0.717) is 25.4 Å². The first-order valence-electron chi connectivity index (χ1n) is 8.07. The smallest absolute Gasteiger partial charge is 0.289 e. The van der Waals surface area contributed by atoms with Crippen molar-refractivity contribution in [1.29, 1.82) is 0 Å². The highest BCUT2D eigenvalue weighted by atomic mass is 16.3. The van der Waals surface area contributed by atoms with Crippen molar-refractivity contribution < 1.29 is 14.0 Å². The van der Waals surface area contributed by atoms with Gasteiger partial charge in [0.1, 0.15) is 0 Å². The Hall–Kier alpha value is -1.82. The van der Waals surface area contributed by atoms with Crippen molar-refractivity contribution in [2.24, 2.45) is 5.92 Å². The third-order valence-corrected chi connectivity index (χ3v) is 4.59. The van der Waals surface area contributed by atoms with Crippen LogP contribution in [-0.4, -0.2) is 60.9 Å². The maximum Gasteiger partial charge on any atom is 0.289 e. The van der Waals surface area contributed by atoms with E-state index >= 15 is 0 Å². The number of furan rings is 1. The predicted octanol–water partition coefficient (Wildman–Crippen LogP) is 0.954. The highest BCUT2D eigenvalue weighted by Crippen LogP contribution is 2.25. The van der Waals surface area contributed by atoms with Crippen molar-refractivity contribution in [2.45, 2.75) is 19.3 Å². The first-order valence-corrected chi connectivity index (χ1v) is 8.07. The Balaban J connectivity index is 1.35. The fraction of sp³-hybridized carbons (Fsp3) is 0.625. The Kier molecular flexibility index (Phi) is 4.77. The van der Waals surface area contributed by atoms with E-state index in [9.17, 15) is 9.59 Å². The molecular formula is C16H23N3O3. The number of rotatable bonds is 5. The Labute approximate surface area is 130 Å². The van der Waals surface area contributed by atoms with Crippen LogP contribution in [0.1, 0.15) is 29.8 Å². The summed E-state index contributed by atoms with van der Waals surface area (Å²) in [5.74, 6) is 0.824. The van der Waals surface area contributed by atoms with Gasteiger partial charge in [0.15, 0.2) is 5.76 Å². The molecule has 0 aromatic carbocycles. The molecular weight excluding hydrogens is 282 g/mol. The van der Waals surface area contributed by atoms with Crippen LogP contribution in [0.15, 0.2) is 22.8 Å². The number of piperazine rings is 1. The van der Waals surface area contributed by atoms with E-state index in [1.54, 1.807) is 12.1 Å². The van der Waals surface area contributed by atoms with Gasteiger partial charge in [0.2, 0.25) is 5.91 Å². The van der Waals surface area contributed by atoms with E-state index < -0.39 is 0 Å². The summed E-state index contributed by atoms with van der Waals surface area (Å²) in [7, 11) is 0. The lowest BCUT2D eigenvalue weighted by molar-refractivity contribution is -0.127. The lowest BCUT2D eigenvalue weighted by Gasteiger charge is -2.34. The Morgan fingerprint density at radius 3 is 2.59 bits per heavy atom. The minimum atomic E-state index is -0.0389. The molecule has 22 heavy (non-hydrogen) atoms. The summed E-state index contributed by atoms with van der Waals surface area (Å²) in [5.41, 5.74) is 0. The molecule has 1 aromatic rings. The lowest BCUT2D eigenvalue weighted by Crippen LogP contribution is -2.50. The molecule has 120 valence electrons. The standard InChI is InChI=1S/C16H23N3O3/c20-15(13-3-1-4-13)17-6-7-18-8-10-19(11-9-18)16(21)14-5-2-12-22-14/h2,5,12-13H,1,3-4,6-11H2,(H,17,20). The molecule has 2 fully saturated rings. The lowest BCUT2D eigenvalue weighted by atomic mass is 9.85. The molecule has 6 heteroatoms. The molecule has 1 aliphatic carbocycles. The summed E-state index contributed by atoms with van der Waals surface area (Å²) in [4.78, 5) is 28.0. The largest absolute Gasteiger partial charge is 0.459 e. The van der Waals surface area contributed by atoms with E-state index in [2.05, 4.69) is 10.2 Å². The van der Waals surface area contributed by atoms with Gasteiger partial charge in [-0.3, -0.25) is 14.5 Å². The van der Waals surface area contributed by atoms with Crippen LogP contribution in [0.2, 0.25) is 0 Å². The summed E-state index contributed by atoms with van der Waals surface area (Å²) in [6, 6.07) is 3.43. The van der Waals surface area contributed by atoms with E-state index in [1.807, 2.05) is 4.90 Å². The number of carbonyl (C=O) groups is 2. The number of hydrogen-bond donors (Lipinski definition) is 1. The van der Waals surface area contributed by atoms with Gasteiger partial charge < -0.3 is 14.6 Å². The van der Waals surface area contributed by atoms with Crippen molar-refractivity contribution in [3.63, 3.8) is 0 Å². The summed E-state index contributed by atoms with van der Waals surface area (Å²) >= 11 is 0. The molecule has 2 heterocycles. The molecule has 0 radical (unpaired) electrons. The first kappa shape index (κ1) is 15.1. The van der Waals surface area contributed by atoms with Gasteiger partial charge >= 0.3 is 0 Å². The number of amides is 2. The second-order valence-electron chi connectivity index (χ2n) is 6.03. The number of nitrogens with one attached hydrogen (secondary N) is 1. The highest BCUT2D eigenvalue weighted by molar-refractivity contribution is 5.91. The minimum absolute atomic E-state index is 0.0389. The molecule has 0 spiro atoms. The van der Waals surface area contributed by atoms with Gasteiger partial charge in [-0.25, -0.2) is 0 Å². The van der Waals surface area contributed by atoms with Crippen LogP contribution in [0.5, 0.6) is 0 Å². The summed E-state index contributed by atoms with van der Waals surface area (Å²) in [6.45, 7) is 4.63. The van der Waals surface area contributed by atoms with Crippen LogP contribution in [-0.2, 0) is 4.79 Å². The van der Waals surface area contributed by atoms with Crippen molar-refractivity contribution >= 4 is 11.8 Å². The molecule has 2 amide bonds. The Morgan fingerprint density at radius 2 is 2.00 bits per heavy atom. The van der Waals surface area contributed by atoms with Gasteiger partial charge in [0, 0.05) is 45.2 Å². The summed E-state index contributed by atoms with van der Waals surface area (Å²) < 4.78 is 5.15. The molecule has 1 N–H and O–H groups in total. The van der Waals surface area contributed by atoms with Crippen molar-refractivity contribution in [1.82, 2.24) is 15.1 Å². The van der Waals surface area contributed by atoms with Gasteiger partial charge in [-0.15, -0.1) is 0 Å². The zero-order chi connectivity index (χ0) is 15.4. The maximum atomic E-state index is 12.1. The minimum Gasteiger partial charge on any atom is -0.459 e. The Bertz CT molecular complexity index is 503. The average Bonchev–Trinajstić information content (AvgIpc) is 2.99. The van der Waals surface area contributed by atoms with E-state index in [1.165, 1.54) is 12.7 Å². The van der Waals surface area contributed by atoms with Gasteiger partial charge in [0.05, 0.1) is 6.26 Å². The number of hydrogen-bond acceptors (Lipinski definition) is 4. The van der Waals surface area contributed by atoms with Crippen molar-refractivity contribution in [3.05, 3.63) is 24.2 Å². The SMILES string of the molecule is O=C(NCCN1CCN(C(=O)c2ccco2)CC1)C1CCC1. The molecule has 2 aliphatic rings. The fourth-order valence-electron chi connectivity index (χ4n) is 2.88. The fourth-order valence-corrected chi connectivity index (χ4v) is 2.88. The highest BCUT2D eigenvalue weighted by Gasteiger charge is 2.26. The monoisotopic (exact) mass is 305 g/mol. The third kappa shape index (κ3) is 3.50. The van der Waals surface area contributed by atoms with Crippen molar-refractivity contribution in [2.75, 3.05) is 39.3 Å². The van der Waals surface area contributed by atoms with Crippen LogP contribution in [0.25, 0.3) is 0 Å². The molecule has 0 atom stereocenters. The van der Waals surface area contributed by atoms with Crippen LogP contribution in [0.4, 0.5) is 0 Å². The maximum absolute atomic E-state index is 12.1. The molecule has 0 bridgehead atoms. The normalized spacial score (nSPS) is 19.7. The quantitative estimate of drug-likeness (QED) is 0.880. The van der Waals surface area contributed by atoms with E-state index in [0.717, 1.165) is 32.5 Å². The van der Waals surface area contributed by atoms with E-state index in [4.69, 9.17) is 4.42 Å². The van der Waals surface area contributed by atoms with Gasteiger partial charge in [-0.1, -0.05) is 6.42 Å². The second-order valence-corrected chi connectivity index (χ2v) is 6.03. The van der Waals surface area contributed by atoms with Crippen molar-refractivity contribution in [3.8, 4) is 0 Å². The summed E-state index contributed by atoms with van der Waals surface area (Å²) in [6.07, 6.45) is 4.79. The van der Waals surface area contributed by atoms with Crippen LogP contribution in [0, 0.1) is 5.92 Å². The molecule has 6 nitrogen and oxygen atoms in total. The van der Waals surface area contributed by atoms with Gasteiger partial charge in [-0.05, 0) is 25.0 Å². The van der Waals surface area contributed by atoms with E-state index in [-0.39, 0.29) is 17.7 Å². The number of carbonyl (C=O) groups excluding carboxylic acids is 2. The van der Waals surface area contributed by atoms with Gasteiger partial charge in [0.25, 0.3) is 5.91 Å². The topological polar surface area (TPSA) is 65.8 Å². The average molecular weight is 305 g/mol.